The second-order valence-electron chi connectivity index (χ2n) is 6.28. The summed E-state index contributed by atoms with van der Waals surface area (Å²) >= 11 is 0. The maximum atomic E-state index is 12.9. The summed E-state index contributed by atoms with van der Waals surface area (Å²) in [5.41, 5.74) is -0.674. The zero-order chi connectivity index (χ0) is 18.0. The van der Waals surface area contributed by atoms with Crippen molar-refractivity contribution in [2.45, 2.75) is 37.3 Å². The first-order chi connectivity index (χ1) is 11.1. The van der Waals surface area contributed by atoms with Gasteiger partial charge in [0.05, 0.1) is 4.90 Å². The van der Waals surface area contributed by atoms with Crippen LogP contribution in [0.3, 0.4) is 0 Å². The van der Waals surface area contributed by atoms with Crippen LogP contribution in [0, 0.1) is 0 Å². The van der Waals surface area contributed by atoms with Crippen LogP contribution >= 0.6 is 0 Å². The van der Waals surface area contributed by atoms with Gasteiger partial charge in [-0.05, 0) is 50.6 Å². The lowest BCUT2D eigenvalue weighted by Gasteiger charge is -2.33. The third-order valence-electron chi connectivity index (χ3n) is 3.88. The number of benzene rings is 2. The fraction of sp³-hybridized carbons (Fsp3) is 0.333. The van der Waals surface area contributed by atoms with E-state index in [9.17, 15) is 18.6 Å². The summed E-state index contributed by atoms with van der Waals surface area (Å²) in [5.74, 6) is 0.00123. The molecule has 0 aliphatic carbocycles. The minimum absolute atomic E-state index is 0.00123. The van der Waals surface area contributed by atoms with Crippen molar-refractivity contribution in [3.8, 4) is 5.75 Å². The Bertz CT molecular complexity index is 768. The van der Waals surface area contributed by atoms with E-state index in [1.54, 1.807) is 45.0 Å². The maximum Gasteiger partial charge on any atom is 0.243 e. The number of aromatic hydroxyl groups is 1. The monoisotopic (exact) mass is 349 g/mol. The van der Waals surface area contributed by atoms with Crippen LogP contribution in [0.25, 0.3) is 0 Å². The molecule has 6 heteroatoms. The van der Waals surface area contributed by atoms with Gasteiger partial charge < -0.3 is 10.2 Å². The molecular formula is C18H23NO4S. The summed E-state index contributed by atoms with van der Waals surface area (Å²) in [5, 5.41) is 20.2. The fourth-order valence-corrected chi connectivity index (χ4v) is 4.22. The Morgan fingerprint density at radius 3 is 2.08 bits per heavy atom. The van der Waals surface area contributed by atoms with Crippen LogP contribution in [0.2, 0.25) is 0 Å². The van der Waals surface area contributed by atoms with Crippen LogP contribution in [-0.4, -0.2) is 35.5 Å². The predicted octanol–water partition coefficient (Wildman–Crippen LogP) is 2.70. The Balaban J connectivity index is 2.37. The zero-order valence-electron chi connectivity index (χ0n) is 14.0. The van der Waals surface area contributed by atoms with Crippen molar-refractivity contribution in [3.63, 3.8) is 0 Å². The Morgan fingerprint density at radius 1 is 1.04 bits per heavy atom. The van der Waals surface area contributed by atoms with Crippen LogP contribution in [0.15, 0.2) is 59.5 Å². The molecule has 130 valence electrons. The standard InChI is InChI=1S/C18H23NO4S/c1-14(2)19(13-18(3,21)15-7-5-4-6-8-15)24(22,23)17-11-9-16(20)10-12-17/h4-12,14,20-21H,13H2,1-3H3. The molecule has 0 spiro atoms. The van der Waals surface area contributed by atoms with Crippen LogP contribution in [0.1, 0.15) is 26.3 Å². The summed E-state index contributed by atoms with van der Waals surface area (Å²) in [4.78, 5) is 0.0814. The fourth-order valence-electron chi connectivity index (χ4n) is 2.49. The van der Waals surface area contributed by atoms with Crippen molar-refractivity contribution in [1.29, 1.82) is 0 Å². The van der Waals surface area contributed by atoms with Crippen molar-refractivity contribution in [2.75, 3.05) is 6.54 Å². The van der Waals surface area contributed by atoms with E-state index in [1.165, 1.54) is 28.6 Å². The first-order valence-corrected chi connectivity index (χ1v) is 9.17. The van der Waals surface area contributed by atoms with E-state index in [0.29, 0.717) is 5.56 Å². The number of rotatable bonds is 6. The Labute approximate surface area is 143 Å². The van der Waals surface area contributed by atoms with Gasteiger partial charge in [-0.15, -0.1) is 0 Å². The van der Waals surface area contributed by atoms with Gasteiger partial charge >= 0.3 is 0 Å². The molecule has 0 aliphatic heterocycles. The third-order valence-corrected chi connectivity index (χ3v) is 5.91. The normalized spacial score (nSPS) is 14.8. The molecule has 1 atom stereocenters. The van der Waals surface area contributed by atoms with Gasteiger partial charge in [0.15, 0.2) is 0 Å². The largest absolute Gasteiger partial charge is 0.508 e. The number of aliphatic hydroxyl groups is 1. The van der Waals surface area contributed by atoms with Gasteiger partial charge in [0.2, 0.25) is 10.0 Å². The molecule has 5 nitrogen and oxygen atoms in total. The van der Waals surface area contributed by atoms with Crippen molar-refractivity contribution in [3.05, 3.63) is 60.2 Å². The quantitative estimate of drug-likeness (QED) is 0.840. The van der Waals surface area contributed by atoms with Crippen molar-refractivity contribution in [1.82, 2.24) is 4.31 Å². The van der Waals surface area contributed by atoms with Gasteiger partial charge in [-0.3, -0.25) is 0 Å². The minimum Gasteiger partial charge on any atom is -0.508 e. The summed E-state index contributed by atoms with van der Waals surface area (Å²) in [6, 6.07) is 14.0. The summed E-state index contributed by atoms with van der Waals surface area (Å²) < 4.78 is 27.1. The molecule has 24 heavy (non-hydrogen) atoms. The topological polar surface area (TPSA) is 77.8 Å². The Hall–Kier alpha value is -1.89. The van der Waals surface area contributed by atoms with E-state index in [2.05, 4.69) is 0 Å². The number of sulfonamides is 1. The number of phenols is 1. The van der Waals surface area contributed by atoms with Gasteiger partial charge in [-0.2, -0.15) is 4.31 Å². The average molecular weight is 349 g/mol. The maximum absolute atomic E-state index is 12.9. The highest BCUT2D eigenvalue weighted by atomic mass is 32.2. The third kappa shape index (κ3) is 3.95. The second kappa shape index (κ2) is 6.93. The summed E-state index contributed by atoms with van der Waals surface area (Å²) in [6.07, 6.45) is 0. The molecule has 2 rings (SSSR count). The molecule has 0 fully saturated rings. The lowest BCUT2D eigenvalue weighted by atomic mass is 9.96. The van der Waals surface area contributed by atoms with Crippen LogP contribution < -0.4 is 0 Å². The number of hydrogen-bond acceptors (Lipinski definition) is 4. The molecule has 2 aromatic carbocycles. The summed E-state index contributed by atoms with van der Waals surface area (Å²) in [7, 11) is -3.80. The van der Waals surface area contributed by atoms with Crippen molar-refractivity contribution >= 4 is 10.0 Å². The van der Waals surface area contributed by atoms with E-state index in [1.807, 2.05) is 6.07 Å². The van der Waals surface area contributed by atoms with E-state index in [0.717, 1.165) is 0 Å². The van der Waals surface area contributed by atoms with Crippen molar-refractivity contribution < 1.29 is 18.6 Å². The lowest BCUT2D eigenvalue weighted by molar-refractivity contribution is 0.0317. The predicted molar refractivity (Wildman–Crippen MR) is 93.1 cm³/mol. The number of hydrogen-bond donors (Lipinski definition) is 2. The molecule has 0 bridgehead atoms. The van der Waals surface area contributed by atoms with E-state index in [4.69, 9.17) is 0 Å². The molecule has 2 N–H and O–H groups in total. The van der Waals surface area contributed by atoms with E-state index < -0.39 is 15.6 Å². The zero-order valence-corrected chi connectivity index (χ0v) is 14.9. The molecule has 0 saturated carbocycles. The molecule has 0 amide bonds. The highest BCUT2D eigenvalue weighted by Gasteiger charge is 2.34. The molecule has 0 saturated heterocycles. The summed E-state index contributed by atoms with van der Waals surface area (Å²) in [6.45, 7) is 5.06. The smallest absolute Gasteiger partial charge is 0.243 e. The highest BCUT2D eigenvalue weighted by Crippen LogP contribution is 2.27. The molecule has 0 aliphatic rings. The second-order valence-corrected chi connectivity index (χ2v) is 8.17. The molecular weight excluding hydrogens is 326 g/mol. The first kappa shape index (κ1) is 18.4. The Morgan fingerprint density at radius 2 is 1.58 bits per heavy atom. The Kier molecular flexibility index (Phi) is 5.32. The minimum atomic E-state index is -3.80. The van der Waals surface area contributed by atoms with Crippen LogP contribution in [0.5, 0.6) is 5.75 Å². The number of phenolic OH excluding ortho intramolecular Hbond substituents is 1. The molecule has 0 heterocycles. The average Bonchev–Trinajstić information content (AvgIpc) is 2.53. The van der Waals surface area contributed by atoms with Gasteiger partial charge in [0.1, 0.15) is 11.4 Å². The lowest BCUT2D eigenvalue weighted by Crippen LogP contribution is -2.45. The highest BCUT2D eigenvalue weighted by molar-refractivity contribution is 7.89. The van der Waals surface area contributed by atoms with Gasteiger partial charge in [0, 0.05) is 12.6 Å². The van der Waals surface area contributed by atoms with Crippen LogP contribution in [-0.2, 0) is 15.6 Å². The SMILES string of the molecule is CC(C)N(CC(C)(O)c1ccccc1)S(=O)(=O)c1ccc(O)cc1. The first-order valence-electron chi connectivity index (χ1n) is 7.73. The molecule has 2 aromatic rings. The van der Waals surface area contributed by atoms with E-state index in [-0.39, 0.29) is 23.2 Å². The van der Waals surface area contributed by atoms with Crippen LogP contribution in [0.4, 0.5) is 0 Å². The molecule has 1 unspecified atom stereocenters. The van der Waals surface area contributed by atoms with Gasteiger partial charge in [-0.1, -0.05) is 30.3 Å². The van der Waals surface area contributed by atoms with E-state index >= 15 is 0 Å². The van der Waals surface area contributed by atoms with Crippen molar-refractivity contribution in [2.24, 2.45) is 0 Å². The van der Waals surface area contributed by atoms with Gasteiger partial charge in [0.25, 0.3) is 0 Å². The molecule has 0 aromatic heterocycles. The molecule has 0 radical (unpaired) electrons. The number of nitrogens with zero attached hydrogens (tertiary/aromatic N) is 1. The van der Waals surface area contributed by atoms with Gasteiger partial charge in [-0.25, -0.2) is 8.42 Å².